The first-order valence-electron chi connectivity index (χ1n) is 9.72. The highest BCUT2D eigenvalue weighted by atomic mass is 35.5. The van der Waals surface area contributed by atoms with Crippen LogP contribution in [-0.2, 0) is 0 Å². The van der Waals surface area contributed by atoms with Crippen molar-refractivity contribution in [3.05, 3.63) is 93.5 Å². The van der Waals surface area contributed by atoms with E-state index < -0.39 is 0 Å². The number of para-hydroxylation sites is 1. The first kappa shape index (κ1) is 20.6. The van der Waals surface area contributed by atoms with Crippen LogP contribution in [0, 0.1) is 6.92 Å². The van der Waals surface area contributed by atoms with Crippen LogP contribution >= 0.6 is 11.6 Å². The van der Waals surface area contributed by atoms with Gasteiger partial charge in [-0.25, -0.2) is 4.98 Å². The first-order valence-corrected chi connectivity index (χ1v) is 10.1. The lowest BCUT2D eigenvalue weighted by molar-refractivity contribution is 0.102. The van der Waals surface area contributed by atoms with Crippen molar-refractivity contribution in [1.82, 2.24) is 9.55 Å². The Morgan fingerprint density at radius 1 is 1.03 bits per heavy atom. The van der Waals surface area contributed by atoms with Gasteiger partial charge in [0.25, 0.3) is 11.5 Å². The molecule has 7 heteroatoms. The maximum atomic E-state index is 12.9. The topological polar surface area (TPSA) is 67.2 Å². The second-order valence-corrected chi connectivity index (χ2v) is 7.79. The first-order chi connectivity index (χ1) is 14.8. The highest BCUT2D eigenvalue weighted by Gasteiger charge is 2.12. The van der Waals surface area contributed by atoms with Crippen molar-refractivity contribution in [3.8, 4) is 5.69 Å². The van der Waals surface area contributed by atoms with Crippen molar-refractivity contribution in [1.29, 1.82) is 0 Å². The van der Waals surface area contributed by atoms with Crippen LogP contribution in [0.4, 0.5) is 11.4 Å². The van der Waals surface area contributed by atoms with Crippen LogP contribution in [0.3, 0.4) is 0 Å². The van der Waals surface area contributed by atoms with E-state index in [9.17, 15) is 9.59 Å². The Morgan fingerprint density at radius 3 is 2.42 bits per heavy atom. The van der Waals surface area contributed by atoms with Gasteiger partial charge in [0.05, 0.1) is 27.3 Å². The number of nitrogens with one attached hydrogen (secondary N) is 1. The zero-order valence-corrected chi connectivity index (χ0v) is 18.1. The summed E-state index contributed by atoms with van der Waals surface area (Å²) >= 11 is 6.28. The lowest BCUT2D eigenvalue weighted by Crippen LogP contribution is -2.22. The molecule has 156 valence electrons. The highest BCUT2D eigenvalue weighted by molar-refractivity contribution is 6.33. The number of aryl methyl sites for hydroxylation is 1. The van der Waals surface area contributed by atoms with Gasteiger partial charge in [-0.3, -0.25) is 14.2 Å². The second-order valence-electron chi connectivity index (χ2n) is 7.38. The van der Waals surface area contributed by atoms with Gasteiger partial charge in [0, 0.05) is 25.3 Å². The fraction of sp³-hybridized carbons (Fsp3) is 0.125. The summed E-state index contributed by atoms with van der Waals surface area (Å²) in [4.78, 5) is 32.0. The summed E-state index contributed by atoms with van der Waals surface area (Å²) in [6.45, 7) is 1.79. The Morgan fingerprint density at radius 2 is 1.74 bits per heavy atom. The van der Waals surface area contributed by atoms with Crippen LogP contribution in [0.5, 0.6) is 0 Å². The van der Waals surface area contributed by atoms with Gasteiger partial charge in [0.15, 0.2) is 0 Å². The van der Waals surface area contributed by atoms with Gasteiger partial charge >= 0.3 is 0 Å². The number of benzene rings is 3. The van der Waals surface area contributed by atoms with E-state index in [-0.39, 0.29) is 11.5 Å². The summed E-state index contributed by atoms with van der Waals surface area (Å²) in [6, 6.07) is 19.5. The number of hydrogen-bond donors (Lipinski definition) is 1. The standard InChI is InChI=1S/C24H21ClN4O2/c1-15-26-21-7-5-4-6-19(21)24(31)29(15)18-11-8-16(9-12-18)23(30)27-17-10-13-22(28(2)3)20(25)14-17/h4-14H,1-3H3,(H,27,30). The number of fused-ring (bicyclic) bond motifs is 1. The van der Waals surface area contributed by atoms with Crippen molar-refractivity contribution in [2.45, 2.75) is 6.92 Å². The quantitative estimate of drug-likeness (QED) is 0.509. The monoisotopic (exact) mass is 432 g/mol. The Labute approximate surface area is 184 Å². The van der Waals surface area contributed by atoms with E-state index in [1.165, 1.54) is 0 Å². The predicted octanol–water partition coefficient (Wildman–Crippen LogP) is 4.67. The summed E-state index contributed by atoms with van der Waals surface area (Å²) in [5, 5.41) is 3.95. The predicted molar refractivity (Wildman–Crippen MR) is 126 cm³/mol. The van der Waals surface area contributed by atoms with E-state index in [0.29, 0.717) is 38.7 Å². The fourth-order valence-electron chi connectivity index (χ4n) is 3.46. The maximum absolute atomic E-state index is 12.9. The number of rotatable bonds is 4. The van der Waals surface area contributed by atoms with Crippen LogP contribution in [0.25, 0.3) is 16.6 Å². The molecule has 0 spiro atoms. The van der Waals surface area contributed by atoms with E-state index in [2.05, 4.69) is 10.3 Å². The number of carbonyl (C=O) groups excluding carboxylic acids is 1. The zero-order valence-electron chi connectivity index (χ0n) is 17.4. The van der Waals surface area contributed by atoms with Gasteiger partial charge in [0.1, 0.15) is 5.82 Å². The Balaban J connectivity index is 1.60. The van der Waals surface area contributed by atoms with Gasteiger partial charge in [-0.1, -0.05) is 23.7 Å². The molecule has 1 aromatic heterocycles. The van der Waals surface area contributed by atoms with Crippen LogP contribution in [-0.4, -0.2) is 29.6 Å². The fourth-order valence-corrected chi connectivity index (χ4v) is 3.81. The molecule has 31 heavy (non-hydrogen) atoms. The van der Waals surface area contributed by atoms with Crippen molar-refractivity contribution in [3.63, 3.8) is 0 Å². The van der Waals surface area contributed by atoms with Crippen LogP contribution in [0.15, 0.2) is 71.5 Å². The maximum Gasteiger partial charge on any atom is 0.265 e. The van der Waals surface area contributed by atoms with Gasteiger partial charge < -0.3 is 10.2 Å². The van der Waals surface area contributed by atoms with E-state index in [0.717, 1.165) is 5.69 Å². The molecule has 0 fully saturated rings. The third-order valence-electron chi connectivity index (χ3n) is 5.02. The van der Waals surface area contributed by atoms with Crippen LogP contribution in [0.2, 0.25) is 5.02 Å². The number of anilines is 2. The molecule has 1 N–H and O–H groups in total. The summed E-state index contributed by atoms with van der Waals surface area (Å²) in [7, 11) is 3.80. The largest absolute Gasteiger partial charge is 0.376 e. The average Bonchev–Trinajstić information content (AvgIpc) is 2.74. The number of hydrogen-bond acceptors (Lipinski definition) is 4. The molecule has 0 aliphatic carbocycles. The Bertz CT molecular complexity index is 1340. The average molecular weight is 433 g/mol. The van der Waals surface area contributed by atoms with Gasteiger partial charge in [0.2, 0.25) is 0 Å². The smallest absolute Gasteiger partial charge is 0.265 e. The highest BCUT2D eigenvalue weighted by Crippen LogP contribution is 2.27. The van der Waals surface area contributed by atoms with E-state index in [4.69, 9.17) is 11.6 Å². The molecule has 0 saturated heterocycles. The summed E-state index contributed by atoms with van der Waals surface area (Å²) in [6.07, 6.45) is 0. The molecule has 0 saturated carbocycles. The number of nitrogens with zero attached hydrogens (tertiary/aromatic N) is 3. The SMILES string of the molecule is Cc1nc2ccccc2c(=O)n1-c1ccc(C(=O)Nc2ccc(N(C)C)c(Cl)c2)cc1. The van der Waals surface area contributed by atoms with Crippen molar-refractivity contribution >= 4 is 39.8 Å². The minimum Gasteiger partial charge on any atom is -0.376 e. The Kier molecular flexibility index (Phi) is 5.48. The minimum absolute atomic E-state index is 0.143. The number of amides is 1. The number of carbonyl (C=O) groups is 1. The summed E-state index contributed by atoms with van der Waals surface area (Å²) < 4.78 is 1.55. The van der Waals surface area contributed by atoms with Crippen LogP contribution < -0.4 is 15.8 Å². The minimum atomic E-state index is -0.263. The molecule has 0 atom stereocenters. The molecule has 4 aromatic rings. The van der Waals surface area contributed by atoms with E-state index in [1.807, 2.05) is 43.3 Å². The normalized spacial score (nSPS) is 10.8. The molecular weight excluding hydrogens is 412 g/mol. The van der Waals surface area contributed by atoms with Crippen molar-refractivity contribution in [2.75, 3.05) is 24.3 Å². The van der Waals surface area contributed by atoms with Gasteiger partial charge in [-0.2, -0.15) is 0 Å². The van der Waals surface area contributed by atoms with Crippen molar-refractivity contribution in [2.24, 2.45) is 0 Å². The molecule has 0 bridgehead atoms. The molecule has 0 aliphatic heterocycles. The Hall–Kier alpha value is -3.64. The molecule has 1 heterocycles. The summed E-state index contributed by atoms with van der Waals surface area (Å²) in [5.41, 5.74) is 3.11. The lowest BCUT2D eigenvalue weighted by atomic mass is 10.1. The lowest BCUT2D eigenvalue weighted by Gasteiger charge is -2.15. The third-order valence-corrected chi connectivity index (χ3v) is 5.32. The van der Waals surface area contributed by atoms with Crippen LogP contribution in [0.1, 0.15) is 16.2 Å². The van der Waals surface area contributed by atoms with Gasteiger partial charge in [-0.05, 0) is 61.5 Å². The molecule has 1 amide bonds. The zero-order chi connectivity index (χ0) is 22.1. The summed E-state index contributed by atoms with van der Waals surface area (Å²) in [5.74, 6) is 0.317. The molecule has 0 unspecified atom stereocenters. The molecule has 3 aromatic carbocycles. The number of aromatic nitrogens is 2. The number of halogens is 1. The molecule has 6 nitrogen and oxygen atoms in total. The molecule has 0 radical (unpaired) electrons. The molecular formula is C24H21ClN4O2. The van der Waals surface area contributed by atoms with E-state index >= 15 is 0 Å². The molecule has 0 aliphatic rings. The second kappa shape index (κ2) is 8.24. The molecule has 4 rings (SSSR count). The van der Waals surface area contributed by atoms with Crippen molar-refractivity contribution < 1.29 is 4.79 Å². The third kappa shape index (κ3) is 4.02. The van der Waals surface area contributed by atoms with Gasteiger partial charge in [-0.15, -0.1) is 0 Å². The van der Waals surface area contributed by atoms with E-state index in [1.54, 1.807) is 54.0 Å².